The van der Waals surface area contributed by atoms with Gasteiger partial charge in [-0.25, -0.2) is 4.57 Å². The standard InChI is InChI=1S/C60H121N2O6P/c1-6-8-10-12-14-16-18-20-22-24-25-26-27-28-29-30-31-32-33-34-35-36-38-39-41-43-45-47-49-51-53-59(63)58(57-68-69(65,66)67-56-55-62(3,4)5)61-60(64)54-52-50-48-46-44-42-40-37-23-21-19-17-15-13-11-9-7-2/h21,23,58-59,63H,6-20,22,24-57H2,1-5H3,(H-,61,64,65,66)/p+1/b23-21-. The number of amides is 1. The minimum Gasteiger partial charge on any atom is -0.391 e. The summed E-state index contributed by atoms with van der Waals surface area (Å²) in [5.74, 6) is -0.144. The minimum atomic E-state index is -4.32. The maximum Gasteiger partial charge on any atom is 0.472 e. The predicted octanol–water partition coefficient (Wildman–Crippen LogP) is 18.6. The highest BCUT2D eigenvalue weighted by atomic mass is 31.2. The monoisotopic (exact) mass is 998 g/mol. The molecule has 3 atom stereocenters. The topological polar surface area (TPSA) is 105 Å². The van der Waals surface area contributed by atoms with Crippen LogP contribution < -0.4 is 5.32 Å². The Morgan fingerprint density at radius 3 is 1.12 bits per heavy atom. The zero-order valence-corrected chi connectivity index (χ0v) is 48.0. The first-order valence-electron chi connectivity index (χ1n) is 30.6. The molecule has 1 amide bonds. The van der Waals surface area contributed by atoms with Gasteiger partial charge in [0.25, 0.3) is 0 Å². The fraction of sp³-hybridized carbons (Fsp3) is 0.950. The number of quaternary nitrogens is 1. The largest absolute Gasteiger partial charge is 0.472 e. The van der Waals surface area contributed by atoms with E-state index in [0.29, 0.717) is 23.9 Å². The third-order valence-corrected chi connectivity index (χ3v) is 15.2. The number of carbonyl (C=O) groups excluding carboxylic acids is 1. The number of unbranched alkanes of at least 4 members (excludes halogenated alkanes) is 42. The molecule has 0 aromatic heterocycles. The van der Waals surface area contributed by atoms with Gasteiger partial charge in [0.1, 0.15) is 13.2 Å². The van der Waals surface area contributed by atoms with Crippen molar-refractivity contribution in [2.75, 3.05) is 40.9 Å². The second-order valence-electron chi connectivity index (χ2n) is 22.4. The molecular formula is C60H122N2O6P+. The van der Waals surface area contributed by atoms with Gasteiger partial charge < -0.3 is 19.8 Å². The molecule has 69 heavy (non-hydrogen) atoms. The molecule has 0 aliphatic heterocycles. The molecule has 0 saturated carbocycles. The van der Waals surface area contributed by atoms with E-state index in [1.54, 1.807) is 0 Å². The number of aliphatic hydroxyl groups is 1. The normalized spacial score (nSPS) is 13.9. The van der Waals surface area contributed by atoms with E-state index in [-0.39, 0.29) is 19.1 Å². The molecule has 9 heteroatoms. The van der Waals surface area contributed by atoms with Crippen LogP contribution in [0, 0.1) is 0 Å². The number of carbonyl (C=O) groups is 1. The molecule has 0 aromatic rings. The van der Waals surface area contributed by atoms with Gasteiger partial charge in [-0.15, -0.1) is 0 Å². The van der Waals surface area contributed by atoms with E-state index in [1.807, 2.05) is 21.1 Å². The molecule has 0 aliphatic rings. The van der Waals surface area contributed by atoms with Crippen molar-refractivity contribution in [1.29, 1.82) is 0 Å². The molecule has 3 N–H and O–H groups in total. The van der Waals surface area contributed by atoms with E-state index in [9.17, 15) is 19.4 Å². The molecule has 0 bridgehead atoms. The van der Waals surface area contributed by atoms with Gasteiger partial charge in [-0.05, 0) is 38.5 Å². The van der Waals surface area contributed by atoms with Crippen LogP contribution in [0.15, 0.2) is 12.2 Å². The number of hydrogen-bond acceptors (Lipinski definition) is 5. The SMILES string of the molecule is CCCCCCCC/C=C\CCCCCCCCCC(=O)NC(COP(=O)(O)OCC[N+](C)(C)C)C(O)CCCCCCCCCCCCCCCCCCCCCCCCCCCCCCCC. The van der Waals surface area contributed by atoms with Crippen LogP contribution in [-0.4, -0.2) is 73.4 Å². The number of phosphoric ester groups is 1. The van der Waals surface area contributed by atoms with Crippen LogP contribution in [0.1, 0.15) is 316 Å². The van der Waals surface area contributed by atoms with E-state index in [2.05, 4.69) is 31.3 Å². The van der Waals surface area contributed by atoms with Crippen LogP contribution in [0.3, 0.4) is 0 Å². The maximum atomic E-state index is 13.0. The molecule has 0 fully saturated rings. The number of allylic oxidation sites excluding steroid dienone is 2. The molecule has 0 heterocycles. The van der Waals surface area contributed by atoms with Crippen LogP contribution >= 0.6 is 7.82 Å². The van der Waals surface area contributed by atoms with Crippen molar-refractivity contribution >= 4 is 13.7 Å². The first-order chi connectivity index (χ1) is 33.5. The highest BCUT2D eigenvalue weighted by molar-refractivity contribution is 7.47. The Bertz CT molecular complexity index is 1130. The van der Waals surface area contributed by atoms with Gasteiger partial charge >= 0.3 is 7.82 Å². The zero-order chi connectivity index (χ0) is 50.6. The number of rotatable bonds is 57. The quantitative estimate of drug-likeness (QED) is 0.0243. The van der Waals surface area contributed by atoms with Crippen LogP contribution in [-0.2, 0) is 18.4 Å². The molecule has 3 unspecified atom stereocenters. The predicted molar refractivity (Wildman–Crippen MR) is 300 cm³/mol. The van der Waals surface area contributed by atoms with Crippen LogP contribution in [0.5, 0.6) is 0 Å². The fourth-order valence-corrected chi connectivity index (χ4v) is 10.2. The molecule has 0 saturated heterocycles. The summed E-state index contributed by atoms with van der Waals surface area (Å²) in [5.41, 5.74) is 0. The summed E-state index contributed by atoms with van der Waals surface area (Å²) in [6.07, 6.45) is 64.3. The van der Waals surface area contributed by atoms with Crippen molar-refractivity contribution in [2.45, 2.75) is 328 Å². The van der Waals surface area contributed by atoms with Gasteiger partial charge in [0, 0.05) is 6.42 Å². The minimum absolute atomic E-state index is 0.0763. The summed E-state index contributed by atoms with van der Waals surface area (Å²) in [4.78, 5) is 23.3. The van der Waals surface area contributed by atoms with Crippen molar-refractivity contribution in [2.24, 2.45) is 0 Å². The Kier molecular flexibility index (Phi) is 51.5. The highest BCUT2D eigenvalue weighted by Gasteiger charge is 2.28. The Morgan fingerprint density at radius 2 is 0.783 bits per heavy atom. The first-order valence-corrected chi connectivity index (χ1v) is 32.0. The number of nitrogens with one attached hydrogen (secondary N) is 1. The Morgan fingerprint density at radius 1 is 0.478 bits per heavy atom. The third-order valence-electron chi connectivity index (χ3n) is 14.3. The van der Waals surface area contributed by atoms with Crippen LogP contribution in [0.25, 0.3) is 0 Å². The summed E-state index contributed by atoms with van der Waals surface area (Å²) in [6, 6.07) is -0.761. The van der Waals surface area contributed by atoms with Crippen molar-refractivity contribution in [3.63, 3.8) is 0 Å². The van der Waals surface area contributed by atoms with Gasteiger partial charge in [0.2, 0.25) is 5.91 Å². The summed E-state index contributed by atoms with van der Waals surface area (Å²) < 4.78 is 23.8. The van der Waals surface area contributed by atoms with Gasteiger partial charge in [0.15, 0.2) is 0 Å². The number of nitrogens with zero attached hydrogens (tertiary/aromatic N) is 1. The molecule has 0 rings (SSSR count). The van der Waals surface area contributed by atoms with Gasteiger partial charge in [0.05, 0.1) is 39.9 Å². The average molecular weight is 999 g/mol. The molecule has 412 valence electrons. The Balaban J connectivity index is 4.04. The number of hydrogen-bond donors (Lipinski definition) is 3. The summed E-state index contributed by atoms with van der Waals surface area (Å²) >= 11 is 0. The average Bonchev–Trinajstić information content (AvgIpc) is 3.31. The van der Waals surface area contributed by atoms with E-state index >= 15 is 0 Å². The maximum absolute atomic E-state index is 13.0. The van der Waals surface area contributed by atoms with Crippen molar-refractivity contribution in [1.82, 2.24) is 5.32 Å². The summed E-state index contributed by atoms with van der Waals surface area (Å²) in [7, 11) is 1.63. The van der Waals surface area contributed by atoms with Gasteiger partial charge in [-0.3, -0.25) is 13.8 Å². The zero-order valence-electron chi connectivity index (χ0n) is 47.1. The van der Waals surface area contributed by atoms with E-state index < -0.39 is 20.0 Å². The van der Waals surface area contributed by atoms with Crippen molar-refractivity contribution in [3.05, 3.63) is 12.2 Å². The van der Waals surface area contributed by atoms with E-state index in [0.717, 1.165) is 38.5 Å². The van der Waals surface area contributed by atoms with E-state index in [4.69, 9.17) is 9.05 Å². The van der Waals surface area contributed by atoms with Crippen molar-refractivity contribution in [3.8, 4) is 0 Å². The number of aliphatic hydroxyl groups excluding tert-OH is 1. The lowest BCUT2D eigenvalue weighted by molar-refractivity contribution is -0.870. The highest BCUT2D eigenvalue weighted by Crippen LogP contribution is 2.43. The van der Waals surface area contributed by atoms with Gasteiger partial charge in [-0.2, -0.15) is 0 Å². The molecule has 0 radical (unpaired) electrons. The smallest absolute Gasteiger partial charge is 0.391 e. The fourth-order valence-electron chi connectivity index (χ4n) is 9.46. The van der Waals surface area contributed by atoms with Crippen LogP contribution in [0.2, 0.25) is 0 Å². The third kappa shape index (κ3) is 54.8. The number of likely N-dealkylation sites (N-methyl/N-ethyl adjacent to an activating group) is 1. The van der Waals surface area contributed by atoms with Crippen molar-refractivity contribution < 1.29 is 32.9 Å². The van der Waals surface area contributed by atoms with Crippen LogP contribution in [0.4, 0.5) is 0 Å². The second-order valence-corrected chi connectivity index (χ2v) is 23.9. The molecule has 0 aromatic carbocycles. The van der Waals surface area contributed by atoms with Gasteiger partial charge in [-0.1, -0.05) is 283 Å². The summed E-state index contributed by atoms with van der Waals surface area (Å²) in [6.45, 7) is 4.93. The lowest BCUT2D eigenvalue weighted by atomic mass is 10.0. The lowest BCUT2D eigenvalue weighted by Gasteiger charge is -2.26. The number of phosphoric acid groups is 1. The Labute approximate surface area is 431 Å². The molecule has 8 nitrogen and oxygen atoms in total. The second kappa shape index (κ2) is 52.1. The Hall–Kier alpha value is -0.760. The molecule has 0 aliphatic carbocycles. The first kappa shape index (κ1) is 68.2. The summed E-state index contributed by atoms with van der Waals surface area (Å²) in [5, 5.41) is 14.1. The molecular weight excluding hydrogens is 876 g/mol. The van der Waals surface area contributed by atoms with E-state index in [1.165, 1.54) is 250 Å². The lowest BCUT2D eigenvalue weighted by Crippen LogP contribution is -2.46. The molecule has 0 spiro atoms.